The highest BCUT2D eigenvalue weighted by Crippen LogP contribution is 2.43. The quantitative estimate of drug-likeness (QED) is 0.141. The average molecular weight is 896 g/mol. The highest BCUT2D eigenvalue weighted by atomic mass is 35.5. The number of carboxylic acids is 1. The third-order valence-corrected chi connectivity index (χ3v) is 15.0. The van der Waals surface area contributed by atoms with E-state index in [4.69, 9.17) is 23.2 Å². The minimum atomic E-state index is -0.733. The topological polar surface area (TPSA) is 171 Å². The van der Waals surface area contributed by atoms with Gasteiger partial charge in [0.1, 0.15) is 34.0 Å². The maximum absolute atomic E-state index is 13.3. The van der Waals surface area contributed by atoms with Gasteiger partial charge in [0.2, 0.25) is 5.91 Å². The molecule has 61 heavy (non-hydrogen) atoms. The molecule has 8 aromatic rings. The summed E-state index contributed by atoms with van der Waals surface area (Å²) in [5.41, 5.74) is 5.80. The van der Waals surface area contributed by atoms with Gasteiger partial charge in [-0.05, 0) is 94.4 Å². The molecule has 3 aliphatic rings. The number of fused-ring (bicyclic) bond motifs is 8. The van der Waals surface area contributed by atoms with Crippen molar-refractivity contribution in [3.8, 4) is 0 Å². The molecule has 15 nitrogen and oxygen atoms in total. The molecule has 0 radical (unpaired) electrons. The fourth-order valence-corrected chi connectivity index (χ4v) is 11.7. The van der Waals surface area contributed by atoms with Crippen LogP contribution in [-0.4, -0.2) is 99.2 Å². The zero-order chi connectivity index (χ0) is 41.9. The highest BCUT2D eigenvalue weighted by molar-refractivity contribution is 7.19. The van der Waals surface area contributed by atoms with Gasteiger partial charge in [0.25, 0.3) is 0 Å². The minimum absolute atomic E-state index is 0.0459. The van der Waals surface area contributed by atoms with E-state index in [1.807, 2.05) is 24.3 Å². The number of aromatic nitrogens is 8. The van der Waals surface area contributed by atoms with Crippen molar-refractivity contribution in [2.75, 3.05) is 37.8 Å². The summed E-state index contributed by atoms with van der Waals surface area (Å²) in [6.07, 6.45) is 15.5. The normalized spacial score (nSPS) is 18.7. The molecule has 3 N–H and O–H groups in total. The van der Waals surface area contributed by atoms with Crippen LogP contribution < -0.4 is 10.6 Å². The molecule has 1 saturated heterocycles. The standard InChI is InChI=1S/C24H26ClN7OS.C18H14ClN5O2S/c1-30(2)16-6-8-31(11-16)24(33)14-3-4-17-20(9-14)34-23-21(17)22(26-13-27-23)29-19-10-15-5-7-28-32(15)12-18(19)25;19-12-7-24-10(3-4-22-24)6-13(12)23-16-15-11-2-1-9(18(25)26)5-14(11)27-17(15)21-8-20-16/h5,7,10,12-14,16H,3-4,6,8-9,11H2,1-2H3,(H,26,27,29);3-4,6-9H,1-2,5H2,(H,25,26)(H,20,21,23)/t14-,16+;9-/m00/s1. The number of rotatable bonds is 7. The highest BCUT2D eigenvalue weighted by Gasteiger charge is 2.35. The lowest BCUT2D eigenvalue weighted by Crippen LogP contribution is -2.39. The Balaban J connectivity index is 0.000000150. The zero-order valence-corrected chi connectivity index (χ0v) is 36.3. The lowest BCUT2D eigenvalue weighted by Gasteiger charge is -2.27. The largest absolute Gasteiger partial charge is 0.481 e. The molecule has 1 aliphatic heterocycles. The maximum atomic E-state index is 13.3. The van der Waals surface area contributed by atoms with Crippen LogP contribution in [0.5, 0.6) is 0 Å². The van der Waals surface area contributed by atoms with E-state index < -0.39 is 5.97 Å². The number of likely N-dealkylation sites (tertiary alicyclic amines) is 1. The Morgan fingerprint density at radius 1 is 0.770 bits per heavy atom. The third kappa shape index (κ3) is 7.52. The Morgan fingerprint density at radius 3 is 1.80 bits per heavy atom. The second kappa shape index (κ2) is 16.1. The number of carboxylic acid groups (broad SMARTS) is 1. The number of aryl methyl sites for hydroxylation is 2. The monoisotopic (exact) mass is 894 g/mol. The van der Waals surface area contributed by atoms with E-state index in [9.17, 15) is 14.7 Å². The van der Waals surface area contributed by atoms with E-state index in [2.05, 4.69) is 64.7 Å². The van der Waals surface area contributed by atoms with Gasteiger partial charge in [-0.3, -0.25) is 9.59 Å². The van der Waals surface area contributed by atoms with Crippen molar-refractivity contribution in [2.24, 2.45) is 11.8 Å². The van der Waals surface area contributed by atoms with Gasteiger partial charge in [-0.1, -0.05) is 23.2 Å². The van der Waals surface area contributed by atoms with Crippen LogP contribution in [0.4, 0.5) is 23.0 Å². The van der Waals surface area contributed by atoms with Crippen molar-refractivity contribution >= 4 is 112 Å². The van der Waals surface area contributed by atoms with Crippen molar-refractivity contribution in [1.82, 2.24) is 49.0 Å². The molecule has 11 rings (SSSR count). The van der Waals surface area contributed by atoms with Crippen LogP contribution in [0.2, 0.25) is 10.0 Å². The number of halogens is 2. The fraction of sp³-hybridized carbons (Fsp3) is 0.333. The molecule has 0 aromatic carbocycles. The number of thiophene rings is 2. The first-order valence-corrected chi connectivity index (χ1v) is 22.4. The van der Waals surface area contributed by atoms with E-state index in [0.717, 1.165) is 97.9 Å². The number of carbonyl (C=O) groups is 2. The Labute approximate surface area is 367 Å². The van der Waals surface area contributed by atoms with Crippen LogP contribution in [0.25, 0.3) is 31.5 Å². The van der Waals surface area contributed by atoms with Crippen LogP contribution in [0.3, 0.4) is 0 Å². The van der Waals surface area contributed by atoms with Gasteiger partial charge in [-0.2, -0.15) is 10.2 Å². The van der Waals surface area contributed by atoms with Crippen molar-refractivity contribution < 1.29 is 14.7 Å². The number of anilines is 4. The van der Waals surface area contributed by atoms with E-state index >= 15 is 0 Å². The molecule has 1 amide bonds. The molecule has 9 heterocycles. The molecule has 1 fully saturated rings. The zero-order valence-electron chi connectivity index (χ0n) is 33.2. The van der Waals surface area contributed by atoms with Crippen LogP contribution >= 0.6 is 45.9 Å². The lowest BCUT2D eigenvalue weighted by atomic mass is 9.87. The van der Waals surface area contributed by atoms with Crippen LogP contribution in [0.1, 0.15) is 40.1 Å². The lowest BCUT2D eigenvalue weighted by molar-refractivity contribution is -0.142. The molecule has 312 valence electrons. The van der Waals surface area contributed by atoms with Gasteiger partial charge >= 0.3 is 5.97 Å². The summed E-state index contributed by atoms with van der Waals surface area (Å²) in [5.74, 6) is 0.739. The summed E-state index contributed by atoms with van der Waals surface area (Å²) in [6, 6.07) is 8.18. The Hall–Kier alpha value is -5.46. The molecule has 0 saturated carbocycles. The van der Waals surface area contributed by atoms with Crippen molar-refractivity contribution in [3.63, 3.8) is 0 Å². The predicted octanol–water partition coefficient (Wildman–Crippen LogP) is 7.93. The first-order valence-electron chi connectivity index (χ1n) is 20.1. The number of amides is 1. The second-order valence-electron chi connectivity index (χ2n) is 15.9. The van der Waals surface area contributed by atoms with E-state index in [-0.39, 0.29) is 11.8 Å². The summed E-state index contributed by atoms with van der Waals surface area (Å²) >= 11 is 16.2. The van der Waals surface area contributed by atoms with Gasteiger partial charge in [-0.25, -0.2) is 29.0 Å². The summed E-state index contributed by atoms with van der Waals surface area (Å²) < 4.78 is 3.45. The van der Waals surface area contributed by atoms with Crippen LogP contribution in [0.15, 0.2) is 61.7 Å². The van der Waals surface area contributed by atoms with E-state index in [0.29, 0.717) is 47.1 Å². The fourth-order valence-electron chi connectivity index (χ4n) is 8.78. The molecular formula is C42H40Cl2N12O3S2. The van der Waals surface area contributed by atoms with Crippen LogP contribution in [0, 0.1) is 11.8 Å². The number of hydrogen-bond acceptors (Lipinski definition) is 13. The Kier molecular flexibility index (Phi) is 10.5. The maximum Gasteiger partial charge on any atom is 0.306 e. The summed E-state index contributed by atoms with van der Waals surface area (Å²) in [7, 11) is 4.19. The molecular weight excluding hydrogens is 856 g/mol. The number of nitrogens with one attached hydrogen (secondary N) is 2. The van der Waals surface area contributed by atoms with Crippen molar-refractivity contribution in [3.05, 3.63) is 92.6 Å². The number of aliphatic carboxylic acids is 1. The van der Waals surface area contributed by atoms with Gasteiger partial charge < -0.3 is 25.5 Å². The van der Waals surface area contributed by atoms with Crippen molar-refractivity contribution in [2.45, 2.75) is 51.0 Å². The Bertz CT molecular complexity index is 3000. The molecule has 0 unspecified atom stereocenters. The average Bonchev–Trinajstić information content (AvgIpc) is 4.10. The molecule has 0 spiro atoms. The van der Waals surface area contributed by atoms with Gasteiger partial charge in [0, 0.05) is 59.6 Å². The molecule has 19 heteroatoms. The van der Waals surface area contributed by atoms with Gasteiger partial charge in [0.05, 0.1) is 49.1 Å². The second-order valence-corrected chi connectivity index (χ2v) is 18.9. The number of likely N-dealkylation sites (N-methyl/N-ethyl adjacent to an activating group) is 1. The summed E-state index contributed by atoms with van der Waals surface area (Å²) in [4.78, 5) is 51.0. The predicted molar refractivity (Wildman–Crippen MR) is 239 cm³/mol. The van der Waals surface area contributed by atoms with Gasteiger partial charge in [0.15, 0.2) is 0 Å². The first kappa shape index (κ1) is 39.7. The smallest absolute Gasteiger partial charge is 0.306 e. The molecule has 2 aliphatic carbocycles. The molecule has 8 aromatic heterocycles. The van der Waals surface area contributed by atoms with E-state index in [1.165, 1.54) is 16.8 Å². The van der Waals surface area contributed by atoms with Crippen molar-refractivity contribution in [1.29, 1.82) is 0 Å². The third-order valence-electron chi connectivity index (χ3n) is 12.1. The Morgan fingerprint density at radius 2 is 1.30 bits per heavy atom. The number of hydrogen-bond donors (Lipinski definition) is 3. The van der Waals surface area contributed by atoms with Crippen LogP contribution in [-0.2, 0) is 35.3 Å². The summed E-state index contributed by atoms with van der Waals surface area (Å²) in [5, 5.41) is 27.6. The minimum Gasteiger partial charge on any atom is -0.481 e. The number of carbonyl (C=O) groups excluding carboxylic acids is 1. The molecule has 3 atom stereocenters. The number of pyridine rings is 2. The number of nitrogens with zero attached hydrogens (tertiary/aromatic N) is 10. The van der Waals surface area contributed by atoms with E-state index in [1.54, 1.807) is 62.8 Å². The first-order chi connectivity index (χ1) is 29.6. The SMILES string of the molecule is CN(C)[C@@H]1CCN(C(=O)[C@H]2CCc3c(sc4ncnc(Nc5cc6ccnn6cc5Cl)c34)C2)C1.O=C(O)[C@H]1CCc2c(sc3ncnc(Nc4cc5ccnn5cc4Cl)c23)C1. The summed E-state index contributed by atoms with van der Waals surface area (Å²) in [6.45, 7) is 1.70. The molecule has 0 bridgehead atoms. The van der Waals surface area contributed by atoms with Gasteiger partial charge in [-0.15, -0.1) is 22.7 Å².